The molecule has 0 spiro atoms. The predicted octanol–water partition coefficient (Wildman–Crippen LogP) is 0.752. The number of nitrogen functional groups attached to an aromatic ring is 1. The number of rotatable bonds is 3. The number of nitrogens with one attached hydrogen (secondary N) is 1. The highest BCUT2D eigenvalue weighted by molar-refractivity contribution is 5.83. The molecular weight excluding hydrogens is 178 g/mol. The molecule has 1 aromatic rings. The fourth-order valence-electron chi connectivity index (χ4n) is 1.40. The first-order valence-electron chi connectivity index (χ1n) is 4.55. The summed E-state index contributed by atoms with van der Waals surface area (Å²) in [6, 6.07) is 7.25. The quantitative estimate of drug-likeness (QED) is 0.287. The average molecular weight is 193 g/mol. The number of amides is 1. The van der Waals surface area contributed by atoms with E-state index in [2.05, 4.69) is 5.43 Å². The number of hydrazine groups is 1. The van der Waals surface area contributed by atoms with Gasteiger partial charge in [-0.1, -0.05) is 19.1 Å². The van der Waals surface area contributed by atoms with Gasteiger partial charge in [-0.05, 0) is 24.1 Å². The first-order chi connectivity index (χ1) is 6.69. The highest BCUT2D eigenvalue weighted by Crippen LogP contribution is 2.20. The third kappa shape index (κ3) is 2.23. The van der Waals surface area contributed by atoms with Crippen LogP contribution in [0, 0.1) is 0 Å². The number of nitrogens with two attached hydrogens (primary N) is 2. The van der Waals surface area contributed by atoms with Gasteiger partial charge in [0.05, 0.1) is 5.92 Å². The zero-order chi connectivity index (χ0) is 10.6. The van der Waals surface area contributed by atoms with Crippen LogP contribution in [-0.4, -0.2) is 5.91 Å². The van der Waals surface area contributed by atoms with Crippen LogP contribution in [0.5, 0.6) is 0 Å². The largest absolute Gasteiger partial charge is 0.399 e. The van der Waals surface area contributed by atoms with Gasteiger partial charge in [0.1, 0.15) is 0 Å². The van der Waals surface area contributed by atoms with Crippen molar-refractivity contribution in [3.8, 4) is 0 Å². The van der Waals surface area contributed by atoms with E-state index in [1.165, 1.54) is 0 Å². The maximum atomic E-state index is 11.4. The second kappa shape index (κ2) is 4.62. The van der Waals surface area contributed by atoms with Crippen molar-refractivity contribution in [1.82, 2.24) is 5.43 Å². The normalized spacial score (nSPS) is 12.1. The van der Waals surface area contributed by atoms with Crippen molar-refractivity contribution in [2.45, 2.75) is 19.3 Å². The highest BCUT2D eigenvalue weighted by Gasteiger charge is 2.16. The minimum Gasteiger partial charge on any atom is -0.399 e. The average Bonchev–Trinajstić information content (AvgIpc) is 2.21. The van der Waals surface area contributed by atoms with Gasteiger partial charge in [-0.3, -0.25) is 10.2 Å². The Kier molecular flexibility index (Phi) is 3.48. The van der Waals surface area contributed by atoms with Crippen LogP contribution < -0.4 is 17.0 Å². The molecule has 5 N–H and O–H groups in total. The van der Waals surface area contributed by atoms with Crippen LogP contribution in [0.4, 0.5) is 5.69 Å². The lowest BCUT2D eigenvalue weighted by atomic mass is 9.96. The predicted molar refractivity (Wildman–Crippen MR) is 56.2 cm³/mol. The van der Waals surface area contributed by atoms with Gasteiger partial charge in [0.2, 0.25) is 5.91 Å². The first-order valence-corrected chi connectivity index (χ1v) is 4.55. The second-order valence-corrected chi connectivity index (χ2v) is 3.14. The molecule has 0 bridgehead atoms. The first kappa shape index (κ1) is 10.5. The van der Waals surface area contributed by atoms with Gasteiger partial charge in [0.25, 0.3) is 0 Å². The molecule has 14 heavy (non-hydrogen) atoms. The van der Waals surface area contributed by atoms with Crippen molar-refractivity contribution in [1.29, 1.82) is 0 Å². The van der Waals surface area contributed by atoms with Crippen LogP contribution in [0.2, 0.25) is 0 Å². The molecule has 1 rings (SSSR count). The van der Waals surface area contributed by atoms with E-state index in [0.29, 0.717) is 12.1 Å². The van der Waals surface area contributed by atoms with Crippen molar-refractivity contribution in [2.24, 2.45) is 5.84 Å². The van der Waals surface area contributed by atoms with E-state index in [0.717, 1.165) is 5.56 Å². The van der Waals surface area contributed by atoms with Gasteiger partial charge in [0.15, 0.2) is 0 Å². The number of anilines is 1. The van der Waals surface area contributed by atoms with E-state index in [1.807, 2.05) is 19.1 Å². The Morgan fingerprint density at radius 2 is 2.00 bits per heavy atom. The summed E-state index contributed by atoms with van der Waals surface area (Å²) in [6.07, 6.45) is 0.715. The molecule has 1 aromatic carbocycles. The maximum absolute atomic E-state index is 11.4. The van der Waals surface area contributed by atoms with Crippen molar-refractivity contribution >= 4 is 11.6 Å². The Bertz CT molecular complexity index is 308. The van der Waals surface area contributed by atoms with E-state index >= 15 is 0 Å². The fraction of sp³-hybridized carbons (Fsp3) is 0.300. The Morgan fingerprint density at radius 1 is 1.43 bits per heavy atom. The number of hydrogen-bond acceptors (Lipinski definition) is 3. The second-order valence-electron chi connectivity index (χ2n) is 3.14. The molecule has 4 nitrogen and oxygen atoms in total. The monoisotopic (exact) mass is 193 g/mol. The lowest BCUT2D eigenvalue weighted by Gasteiger charge is -2.13. The third-order valence-corrected chi connectivity index (χ3v) is 2.21. The van der Waals surface area contributed by atoms with Gasteiger partial charge in [-0.25, -0.2) is 5.84 Å². The lowest BCUT2D eigenvalue weighted by molar-refractivity contribution is -0.122. The lowest BCUT2D eigenvalue weighted by Crippen LogP contribution is -2.34. The van der Waals surface area contributed by atoms with Crippen molar-refractivity contribution < 1.29 is 4.79 Å². The molecule has 0 saturated heterocycles. The number of benzene rings is 1. The molecule has 76 valence electrons. The number of carbonyl (C=O) groups excluding carboxylic acids is 1. The zero-order valence-corrected chi connectivity index (χ0v) is 8.16. The molecule has 0 aliphatic heterocycles. The molecule has 0 fully saturated rings. The van der Waals surface area contributed by atoms with Crippen molar-refractivity contribution in [3.05, 3.63) is 29.8 Å². The van der Waals surface area contributed by atoms with E-state index in [9.17, 15) is 4.79 Å². The summed E-state index contributed by atoms with van der Waals surface area (Å²) < 4.78 is 0. The molecule has 1 amide bonds. The minimum atomic E-state index is -0.194. The van der Waals surface area contributed by atoms with Gasteiger partial charge < -0.3 is 5.73 Å². The molecule has 0 aliphatic rings. The molecule has 0 saturated carbocycles. The maximum Gasteiger partial charge on any atom is 0.241 e. The van der Waals surface area contributed by atoms with E-state index in [-0.39, 0.29) is 11.8 Å². The number of hydrogen-bond donors (Lipinski definition) is 3. The smallest absolute Gasteiger partial charge is 0.241 e. The minimum absolute atomic E-state index is 0.169. The van der Waals surface area contributed by atoms with E-state index in [4.69, 9.17) is 11.6 Å². The number of carbonyl (C=O) groups is 1. The third-order valence-electron chi connectivity index (χ3n) is 2.21. The molecule has 0 heterocycles. The summed E-state index contributed by atoms with van der Waals surface area (Å²) in [7, 11) is 0. The summed E-state index contributed by atoms with van der Waals surface area (Å²) in [5, 5.41) is 0. The summed E-state index contributed by atoms with van der Waals surface area (Å²) in [5.74, 6) is 4.73. The van der Waals surface area contributed by atoms with Crippen LogP contribution in [-0.2, 0) is 4.79 Å². The highest BCUT2D eigenvalue weighted by atomic mass is 16.2. The Balaban J connectivity index is 2.89. The van der Waals surface area contributed by atoms with Crippen LogP contribution in [0.3, 0.4) is 0 Å². The van der Waals surface area contributed by atoms with Crippen LogP contribution in [0.1, 0.15) is 24.8 Å². The fourth-order valence-corrected chi connectivity index (χ4v) is 1.40. The van der Waals surface area contributed by atoms with Crippen LogP contribution >= 0.6 is 0 Å². The Morgan fingerprint density at radius 3 is 2.43 bits per heavy atom. The molecule has 0 aliphatic carbocycles. The topological polar surface area (TPSA) is 81.1 Å². The summed E-state index contributed by atoms with van der Waals surface area (Å²) in [6.45, 7) is 1.94. The zero-order valence-electron chi connectivity index (χ0n) is 8.16. The molecule has 0 radical (unpaired) electrons. The SMILES string of the molecule is CCC(C(=O)NN)c1ccc(N)cc1. The molecule has 1 atom stereocenters. The van der Waals surface area contributed by atoms with Gasteiger partial charge >= 0.3 is 0 Å². The van der Waals surface area contributed by atoms with Gasteiger partial charge in [-0.15, -0.1) is 0 Å². The van der Waals surface area contributed by atoms with Gasteiger partial charge in [-0.2, -0.15) is 0 Å². The van der Waals surface area contributed by atoms with Crippen LogP contribution in [0.25, 0.3) is 0 Å². The van der Waals surface area contributed by atoms with Crippen molar-refractivity contribution in [3.63, 3.8) is 0 Å². The summed E-state index contributed by atoms with van der Waals surface area (Å²) >= 11 is 0. The molecule has 1 unspecified atom stereocenters. The van der Waals surface area contributed by atoms with Gasteiger partial charge in [0, 0.05) is 5.69 Å². The molecular formula is C10H15N3O. The molecule has 0 aromatic heterocycles. The Hall–Kier alpha value is -1.55. The van der Waals surface area contributed by atoms with Crippen molar-refractivity contribution in [2.75, 3.05) is 5.73 Å². The van der Waals surface area contributed by atoms with E-state index in [1.54, 1.807) is 12.1 Å². The Labute approximate surface area is 83.3 Å². The summed E-state index contributed by atoms with van der Waals surface area (Å²) in [5.41, 5.74) is 9.34. The molecule has 4 heteroatoms. The van der Waals surface area contributed by atoms with E-state index < -0.39 is 0 Å². The summed E-state index contributed by atoms with van der Waals surface area (Å²) in [4.78, 5) is 11.4. The standard InChI is InChI=1S/C10H15N3O/c1-2-9(10(14)13-12)7-3-5-8(11)6-4-7/h3-6,9H,2,11-12H2,1H3,(H,13,14). The van der Waals surface area contributed by atoms with Crippen LogP contribution in [0.15, 0.2) is 24.3 Å².